The number of hydrogen-bond acceptors (Lipinski definition) is 2. The van der Waals surface area contributed by atoms with Crippen LogP contribution in [0.3, 0.4) is 0 Å². The van der Waals surface area contributed by atoms with E-state index >= 15 is 0 Å². The number of nitrogens with two attached hydrogens (primary N) is 1. The lowest BCUT2D eigenvalue weighted by Crippen LogP contribution is -2.54. The smallest absolute Gasteiger partial charge is 0.0759 e. The first-order valence-corrected chi connectivity index (χ1v) is 8.08. The summed E-state index contributed by atoms with van der Waals surface area (Å²) in [5.74, 6) is 0. The lowest BCUT2D eigenvalue weighted by atomic mass is 9.63. The molecule has 1 aromatic carbocycles. The van der Waals surface area contributed by atoms with Crippen LogP contribution < -0.4 is 5.73 Å². The molecule has 104 valence electrons. The van der Waals surface area contributed by atoms with Crippen LogP contribution in [0.5, 0.6) is 0 Å². The second-order valence-corrected chi connectivity index (χ2v) is 7.23. The molecule has 19 heavy (non-hydrogen) atoms. The van der Waals surface area contributed by atoms with E-state index in [1.54, 1.807) is 0 Å². The summed E-state index contributed by atoms with van der Waals surface area (Å²) in [6.45, 7) is 0.620. The van der Waals surface area contributed by atoms with Gasteiger partial charge in [0.2, 0.25) is 0 Å². The Hall–Kier alpha value is -0.380. The molecule has 3 rings (SSSR count). The average molecular weight is 324 g/mol. The van der Waals surface area contributed by atoms with Gasteiger partial charge in [0.05, 0.1) is 5.60 Å². The molecule has 0 bridgehead atoms. The molecule has 0 saturated heterocycles. The summed E-state index contributed by atoms with van der Waals surface area (Å²) in [6, 6.07) is 6.43. The number of benzene rings is 1. The maximum Gasteiger partial charge on any atom is 0.0759 e. The monoisotopic (exact) mass is 323 g/mol. The van der Waals surface area contributed by atoms with Crippen molar-refractivity contribution in [3.63, 3.8) is 0 Å². The molecule has 1 aromatic rings. The summed E-state index contributed by atoms with van der Waals surface area (Å²) >= 11 is 3.53. The van der Waals surface area contributed by atoms with Crippen molar-refractivity contribution < 1.29 is 5.11 Å². The predicted octanol–water partition coefficient (Wildman–Crippen LogP) is 3.19. The molecule has 1 unspecified atom stereocenters. The van der Waals surface area contributed by atoms with Crippen molar-refractivity contribution in [2.45, 2.75) is 50.5 Å². The van der Waals surface area contributed by atoms with Crippen LogP contribution in [0.2, 0.25) is 0 Å². The second kappa shape index (κ2) is 4.87. The molecule has 0 radical (unpaired) electrons. The largest absolute Gasteiger partial charge is 0.389 e. The molecule has 0 aliphatic heterocycles. The Labute approximate surface area is 123 Å². The van der Waals surface area contributed by atoms with E-state index in [1.165, 1.54) is 24.0 Å². The molecule has 3 N–H and O–H groups in total. The fraction of sp³-hybridized carbons (Fsp3) is 0.625. The van der Waals surface area contributed by atoms with Crippen LogP contribution in [0.25, 0.3) is 0 Å². The van der Waals surface area contributed by atoms with Gasteiger partial charge in [-0.1, -0.05) is 34.8 Å². The van der Waals surface area contributed by atoms with E-state index in [2.05, 4.69) is 34.1 Å². The van der Waals surface area contributed by atoms with Crippen molar-refractivity contribution in [2.75, 3.05) is 6.54 Å². The molecule has 0 heterocycles. The molecule has 2 aliphatic rings. The van der Waals surface area contributed by atoms with E-state index in [-0.39, 0.29) is 5.41 Å². The van der Waals surface area contributed by atoms with Crippen molar-refractivity contribution in [2.24, 2.45) is 11.1 Å². The number of hydrogen-bond donors (Lipinski definition) is 2. The van der Waals surface area contributed by atoms with Crippen LogP contribution in [0.4, 0.5) is 0 Å². The van der Waals surface area contributed by atoms with E-state index in [9.17, 15) is 5.11 Å². The van der Waals surface area contributed by atoms with E-state index in [4.69, 9.17) is 5.73 Å². The molecule has 1 atom stereocenters. The lowest BCUT2D eigenvalue weighted by Gasteiger charge is -2.47. The highest BCUT2D eigenvalue weighted by molar-refractivity contribution is 9.10. The third-order valence-electron chi connectivity index (χ3n) is 5.40. The number of rotatable bonds is 2. The zero-order valence-corrected chi connectivity index (χ0v) is 12.9. The number of aliphatic hydroxyl groups is 1. The fourth-order valence-electron chi connectivity index (χ4n) is 4.11. The fourth-order valence-corrected chi connectivity index (χ4v) is 4.52. The van der Waals surface area contributed by atoms with Gasteiger partial charge in [0.25, 0.3) is 0 Å². The minimum atomic E-state index is -0.598. The van der Waals surface area contributed by atoms with Crippen LogP contribution in [0, 0.1) is 5.41 Å². The van der Waals surface area contributed by atoms with Crippen LogP contribution in [-0.4, -0.2) is 17.3 Å². The van der Waals surface area contributed by atoms with Gasteiger partial charge in [-0.15, -0.1) is 0 Å². The van der Waals surface area contributed by atoms with Crippen molar-refractivity contribution in [3.8, 4) is 0 Å². The standard InChI is InChI=1S/C16H22BrNO/c17-14-4-3-13-10-16(19,8-5-12(13)9-14)15(11-18)6-1-2-7-15/h3-4,9,19H,1-2,5-8,10-11,18H2. The van der Waals surface area contributed by atoms with E-state index < -0.39 is 5.60 Å². The Balaban J connectivity index is 1.93. The van der Waals surface area contributed by atoms with E-state index in [1.807, 2.05) is 0 Å². The first-order chi connectivity index (χ1) is 9.09. The summed E-state index contributed by atoms with van der Waals surface area (Å²) < 4.78 is 1.13. The summed E-state index contributed by atoms with van der Waals surface area (Å²) in [5.41, 5.74) is 8.10. The van der Waals surface area contributed by atoms with Crippen LogP contribution in [-0.2, 0) is 12.8 Å². The van der Waals surface area contributed by atoms with Gasteiger partial charge in [0.1, 0.15) is 0 Å². The summed E-state index contributed by atoms with van der Waals surface area (Å²) in [5, 5.41) is 11.2. The van der Waals surface area contributed by atoms with E-state index in [0.717, 1.165) is 36.6 Å². The summed E-state index contributed by atoms with van der Waals surface area (Å²) in [4.78, 5) is 0. The topological polar surface area (TPSA) is 46.2 Å². The maximum atomic E-state index is 11.2. The highest BCUT2D eigenvalue weighted by atomic mass is 79.9. The maximum absolute atomic E-state index is 11.2. The number of halogens is 1. The Bertz CT molecular complexity index is 482. The minimum absolute atomic E-state index is 0.0439. The summed E-state index contributed by atoms with van der Waals surface area (Å²) in [6.07, 6.45) is 7.20. The zero-order valence-electron chi connectivity index (χ0n) is 11.3. The van der Waals surface area contributed by atoms with Gasteiger partial charge in [-0.2, -0.15) is 0 Å². The molecule has 1 fully saturated rings. The molecule has 3 heteroatoms. The Morgan fingerprint density at radius 1 is 1.16 bits per heavy atom. The third kappa shape index (κ3) is 2.16. The second-order valence-electron chi connectivity index (χ2n) is 6.31. The predicted molar refractivity (Wildman–Crippen MR) is 81.1 cm³/mol. The Morgan fingerprint density at radius 2 is 1.89 bits per heavy atom. The SMILES string of the molecule is NCC1(C2(O)CCc3cc(Br)ccc3C2)CCCC1. The highest BCUT2D eigenvalue weighted by Gasteiger charge is 2.51. The lowest BCUT2D eigenvalue weighted by molar-refractivity contribution is -0.0879. The molecule has 1 saturated carbocycles. The van der Waals surface area contributed by atoms with Gasteiger partial charge in [-0.25, -0.2) is 0 Å². The van der Waals surface area contributed by atoms with Gasteiger partial charge in [-0.05, 0) is 48.9 Å². The number of aryl methyl sites for hydroxylation is 1. The van der Waals surface area contributed by atoms with Gasteiger partial charge >= 0.3 is 0 Å². The van der Waals surface area contributed by atoms with Crippen molar-refractivity contribution in [1.29, 1.82) is 0 Å². The van der Waals surface area contributed by atoms with E-state index in [0.29, 0.717) is 6.54 Å². The number of fused-ring (bicyclic) bond motifs is 1. The zero-order chi connectivity index (χ0) is 13.5. The van der Waals surface area contributed by atoms with Gasteiger partial charge in [-0.3, -0.25) is 0 Å². The van der Waals surface area contributed by atoms with Crippen LogP contribution >= 0.6 is 15.9 Å². The molecule has 2 aliphatic carbocycles. The molecule has 0 spiro atoms. The molecule has 0 aromatic heterocycles. The quantitative estimate of drug-likeness (QED) is 0.878. The first-order valence-electron chi connectivity index (χ1n) is 7.28. The van der Waals surface area contributed by atoms with Crippen molar-refractivity contribution in [1.82, 2.24) is 0 Å². The van der Waals surface area contributed by atoms with Crippen molar-refractivity contribution >= 4 is 15.9 Å². The Morgan fingerprint density at radius 3 is 2.58 bits per heavy atom. The van der Waals surface area contributed by atoms with Crippen LogP contribution in [0.15, 0.2) is 22.7 Å². The van der Waals surface area contributed by atoms with Gasteiger partial charge in [0.15, 0.2) is 0 Å². The van der Waals surface area contributed by atoms with Gasteiger partial charge < -0.3 is 10.8 Å². The molecular weight excluding hydrogens is 302 g/mol. The Kier molecular flexibility index (Phi) is 3.48. The van der Waals surface area contributed by atoms with Crippen molar-refractivity contribution in [3.05, 3.63) is 33.8 Å². The molecular formula is C16H22BrNO. The molecule has 0 amide bonds. The van der Waals surface area contributed by atoms with Crippen LogP contribution in [0.1, 0.15) is 43.2 Å². The summed E-state index contributed by atoms with van der Waals surface area (Å²) in [7, 11) is 0. The molecule has 2 nitrogen and oxygen atoms in total. The average Bonchev–Trinajstić information content (AvgIpc) is 2.90. The highest BCUT2D eigenvalue weighted by Crippen LogP contribution is 2.51. The first kappa shape index (κ1) is 13.6. The minimum Gasteiger partial charge on any atom is -0.389 e. The third-order valence-corrected chi connectivity index (χ3v) is 5.89. The van der Waals surface area contributed by atoms with Gasteiger partial charge in [0, 0.05) is 22.9 Å². The normalized spacial score (nSPS) is 29.2.